The van der Waals surface area contributed by atoms with E-state index in [0.717, 1.165) is 24.8 Å². The zero-order chi connectivity index (χ0) is 19.5. The fourth-order valence-corrected chi connectivity index (χ4v) is 4.33. The van der Waals surface area contributed by atoms with Crippen LogP contribution in [0.5, 0.6) is 0 Å². The van der Waals surface area contributed by atoms with Crippen molar-refractivity contribution in [2.24, 2.45) is 11.8 Å². The highest BCUT2D eigenvalue weighted by Gasteiger charge is 2.33. The van der Waals surface area contributed by atoms with Gasteiger partial charge in [0.1, 0.15) is 0 Å². The van der Waals surface area contributed by atoms with Crippen LogP contribution in [0.1, 0.15) is 25.3 Å². The summed E-state index contributed by atoms with van der Waals surface area (Å²) in [5.74, 6) is 0.432. The van der Waals surface area contributed by atoms with Gasteiger partial charge in [-0.2, -0.15) is 0 Å². The number of piperidine rings is 1. The molecule has 0 bridgehead atoms. The summed E-state index contributed by atoms with van der Waals surface area (Å²) in [6.07, 6.45) is 4.18. The van der Waals surface area contributed by atoms with Gasteiger partial charge >= 0.3 is 0 Å². The summed E-state index contributed by atoms with van der Waals surface area (Å²) >= 11 is 0. The minimum Gasteiger partial charge on any atom is -0.379 e. The summed E-state index contributed by atoms with van der Waals surface area (Å²) in [4.78, 5) is 30.5. The van der Waals surface area contributed by atoms with E-state index in [-0.39, 0.29) is 29.7 Å². The monoisotopic (exact) mass is 381 g/mol. The van der Waals surface area contributed by atoms with Gasteiger partial charge in [0.25, 0.3) is 0 Å². The van der Waals surface area contributed by atoms with Crippen molar-refractivity contribution in [1.29, 1.82) is 0 Å². The SMILES string of the molecule is CC(=O)N1CCC(C(=O)NC2COCC2Cc2ccnc3ccccc23)CC1. The van der Waals surface area contributed by atoms with Gasteiger partial charge in [-0.3, -0.25) is 14.6 Å². The Morgan fingerprint density at radius 1 is 1.18 bits per heavy atom. The van der Waals surface area contributed by atoms with Gasteiger partial charge in [-0.15, -0.1) is 0 Å². The van der Waals surface area contributed by atoms with Crippen molar-refractivity contribution >= 4 is 22.7 Å². The molecule has 2 fully saturated rings. The number of amides is 2. The zero-order valence-electron chi connectivity index (χ0n) is 16.3. The smallest absolute Gasteiger partial charge is 0.223 e. The summed E-state index contributed by atoms with van der Waals surface area (Å²) in [6.45, 7) is 4.14. The van der Waals surface area contributed by atoms with Gasteiger partial charge in [-0.25, -0.2) is 0 Å². The van der Waals surface area contributed by atoms with Crippen LogP contribution in [0.4, 0.5) is 0 Å². The predicted octanol–water partition coefficient (Wildman–Crippen LogP) is 2.17. The van der Waals surface area contributed by atoms with Crippen LogP contribution in [-0.2, 0) is 20.7 Å². The molecule has 0 spiro atoms. The van der Waals surface area contributed by atoms with Crippen LogP contribution >= 0.6 is 0 Å². The molecule has 1 N–H and O–H groups in total. The molecule has 2 aromatic rings. The number of hydrogen-bond acceptors (Lipinski definition) is 4. The van der Waals surface area contributed by atoms with Crippen molar-refractivity contribution < 1.29 is 14.3 Å². The van der Waals surface area contributed by atoms with Crippen LogP contribution in [0, 0.1) is 11.8 Å². The molecule has 0 saturated carbocycles. The number of fused-ring (bicyclic) bond motifs is 1. The highest BCUT2D eigenvalue weighted by molar-refractivity contribution is 5.82. The van der Waals surface area contributed by atoms with Crippen LogP contribution in [0.2, 0.25) is 0 Å². The van der Waals surface area contributed by atoms with Crippen molar-refractivity contribution in [3.63, 3.8) is 0 Å². The fraction of sp³-hybridized carbons (Fsp3) is 0.500. The maximum Gasteiger partial charge on any atom is 0.223 e. The summed E-state index contributed by atoms with van der Waals surface area (Å²) in [6, 6.07) is 10.3. The minimum atomic E-state index is -0.0152. The van der Waals surface area contributed by atoms with Gasteiger partial charge < -0.3 is 15.0 Å². The molecule has 3 heterocycles. The number of nitrogens with one attached hydrogen (secondary N) is 1. The van der Waals surface area contributed by atoms with Gasteiger partial charge in [0.05, 0.1) is 24.8 Å². The molecule has 1 aromatic carbocycles. The van der Waals surface area contributed by atoms with E-state index in [9.17, 15) is 9.59 Å². The Morgan fingerprint density at radius 2 is 1.96 bits per heavy atom. The van der Waals surface area contributed by atoms with E-state index in [2.05, 4.69) is 22.4 Å². The second kappa shape index (κ2) is 8.27. The Morgan fingerprint density at radius 3 is 2.75 bits per heavy atom. The highest BCUT2D eigenvalue weighted by Crippen LogP contribution is 2.25. The number of likely N-dealkylation sites (tertiary alicyclic amines) is 1. The number of carbonyl (C=O) groups excluding carboxylic acids is 2. The third-order valence-electron chi connectivity index (χ3n) is 6.06. The van der Waals surface area contributed by atoms with Crippen molar-refractivity contribution in [3.8, 4) is 0 Å². The average Bonchev–Trinajstić information content (AvgIpc) is 3.15. The van der Waals surface area contributed by atoms with Gasteiger partial charge in [0, 0.05) is 43.4 Å². The molecule has 2 saturated heterocycles. The maximum atomic E-state index is 12.8. The average molecular weight is 381 g/mol. The Bertz CT molecular complexity index is 856. The Hall–Kier alpha value is -2.47. The zero-order valence-corrected chi connectivity index (χ0v) is 16.3. The number of para-hydroxylation sites is 1. The molecule has 2 amide bonds. The molecule has 4 rings (SSSR count). The second-order valence-corrected chi connectivity index (χ2v) is 7.88. The number of nitrogens with zero attached hydrogens (tertiary/aromatic N) is 2. The molecule has 148 valence electrons. The second-order valence-electron chi connectivity index (χ2n) is 7.88. The molecule has 2 atom stereocenters. The first-order valence-electron chi connectivity index (χ1n) is 10.1. The Kier molecular flexibility index (Phi) is 5.57. The molecule has 28 heavy (non-hydrogen) atoms. The first kappa shape index (κ1) is 18.9. The van der Waals surface area contributed by atoms with Gasteiger partial charge in [0.2, 0.25) is 11.8 Å². The number of aromatic nitrogens is 1. The molecular weight excluding hydrogens is 354 g/mol. The fourth-order valence-electron chi connectivity index (χ4n) is 4.33. The van der Waals surface area contributed by atoms with E-state index >= 15 is 0 Å². The lowest BCUT2D eigenvalue weighted by atomic mass is 9.91. The largest absolute Gasteiger partial charge is 0.379 e. The number of carbonyl (C=O) groups is 2. The van der Waals surface area contributed by atoms with Crippen molar-refractivity contribution in [2.75, 3.05) is 26.3 Å². The number of rotatable bonds is 4. The van der Waals surface area contributed by atoms with E-state index in [1.807, 2.05) is 29.3 Å². The molecule has 2 aliphatic heterocycles. The van der Waals surface area contributed by atoms with E-state index in [1.54, 1.807) is 6.92 Å². The van der Waals surface area contributed by atoms with Crippen LogP contribution < -0.4 is 5.32 Å². The molecular formula is C22H27N3O3. The highest BCUT2D eigenvalue weighted by atomic mass is 16.5. The Labute approximate surface area is 165 Å². The van der Waals surface area contributed by atoms with E-state index in [0.29, 0.717) is 26.3 Å². The minimum absolute atomic E-state index is 0.0152. The van der Waals surface area contributed by atoms with Crippen molar-refractivity contribution in [2.45, 2.75) is 32.2 Å². The number of hydrogen-bond donors (Lipinski definition) is 1. The first-order valence-corrected chi connectivity index (χ1v) is 10.1. The Balaban J connectivity index is 1.38. The first-order chi connectivity index (χ1) is 13.6. The van der Waals surface area contributed by atoms with Gasteiger partial charge in [-0.1, -0.05) is 18.2 Å². The van der Waals surface area contributed by atoms with Crippen molar-refractivity contribution in [1.82, 2.24) is 15.2 Å². The molecule has 6 nitrogen and oxygen atoms in total. The molecule has 0 aliphatic carbocycles. The lowest BCUT2D eigenvalue weighted by Crippen LogP contribution is -2.47. The van der Waals surface area contributed by atoms with Crippen LogP contribution in [0.3, 0.4) is 0 Å². The summed E-state index contributed by atoms with van der Waals surface area (Å²) in [5, 5.41) is 4.39. The molecule has 6 heteroatoms. The third-order valence-corrected chi connectivity index (χ3v) is 6.06. The third kappa shape index (κ3) is 4.02. The van der Waals surface area contributed by atoms with E-state index in [4.69, 9.17) is 4.74 Å². The van der Waals surface area contributed by atoms with Gasteiger partial charge in [0.15, 0.2) is 0 Å². The van der Waals surface area contributed by atoms with E-state index < -0.39 is 0 Å². The quantitative estimate of drug-likeness (QED) is 0.881. The summed E-state index contributed by atoms with van der Waals surface area (Å²) in [5.41, 5.74) is 2.24. The lowest BCUT2D eigenvalue weighted by molar-refractivity contribution is -0.134. The summed E-state index contributed by atoms with van der Waals surface area (Å²) in [7, 11) is 0. The number of pyridine rings is 1. The van der Waals surface area contributed by atoms with Crippen LogP contribution in [0.15, 0.2) is 36.5 Å². The number of ether oxygens (including phenoxy) is 1. The summed E-state index contributed by atoms with van der Waals surface area (Å²) < 4.78 is 5.71. The molecule has 1 aromatic heterocycles. The van der Waals surface area contributed by atoms with Crippen molar-refractivity contribution in [3.05, 3.63) is 42.1 Å². The van der Waals surface area contributed by atoms with Crippen LogP contribution in [0.25, 0.3) is 10.9 Å². The van der Waals surface area contributed by atoms with Gasteiger partial charge in [-0.05, 0) is 37.0 Å². The normalized spacial score (nSPS) is 23.1. The topological polar surface area (TPSA) is 71.5 Å². The van der Waals surface area contributed by atoms with E-state index in [1.165, 1.54) is 10.9 Å². The molecule has 2 unspecified atom stereocenters. The standard InChI is InChI=1S/C22H27N3O3/c1-15(26)25-10-7-16(8-11-25)22(27)24-21-14-28-13-18(21)12-17-6-9-23-20-5-3-2-4-19(17)20/h2-6,9,16,18,21H,7-8,10-14H2,1H3,(H,24,27). The van der Waals surface area contributed by atoms with Crippen LogP contribution in [-0.4, -0.2) is 54.0 Å². The molecule has 2 aliphatic rings. The maximum absolute atomic E-state index is 12.8. The lowest BCUT2D eigenvalue weighted by Gasteiger charge is -2.31. The molecule has 0 radical (unpaired) electrons. The number of benzene rings is 1. The predicted molar refractivity (Wildman–Crippen MR) is 107 cm³/mol.